The Morgan fingerprint density at radius 2 is 1.85 bits per heavy atom. The van der Waals surface area contributed by atoms with Crippen LogP contribution in [0.4, 0.5) is 9.52 Å². The molecule has 5 rings (SSSR count). The number of halogens is 1. The Bertz CT molecular complexity index is 1550. The maximum atomic E-state index is 13.5. The number of hydrogen-bond acceptors (Lipinski definition) is 10. The Hall–Kier alpha value is -4.16. The van der Waals surface area contributed by atoms with E-state index in [2.05, 4.69) is 10.2 Å². The van der Waals surface area contributed by atoms with E-state index in [9.17, 15) is 19.1 Å². The van der Waals surface area contributed by atoms with Crippen LogP contribution < -0.4 is 14.4 Å². The molecule has 0 aliphatic carbocycles. The summed E-state index contributed by atoms with van der Waals surface area (Å²) in [7, 11) is 0. The van der Waals surface area contributed by atoms with Crippen molar-refractivity contribution in [2.45, 2.75) is 30.0 Å². The molecule has 1 amide bonds. The molecule has 1 aliphatic rings. The van der Waals surface area contributed by atoms with E-state index in [4.69, 9.17) is 13.9 Å². The summed E-state index contributed by atoms with van der Waals surface area (Å²) in [4.78, 5) is 28.2. The molecule has 40 heavy (non-hydrogen) atoms. The fourth-order valence-electron chi connectivity index (χ4n) is 4.21. The number of aromatic nitrogens is 2. The second kappa shape index (κ2) is 11.9. The van der Waals surface area contributed by atoms with Crippen molar-refractivity contribution < 1.29 is 33.0 Å². The maximum Gasteiger partial charge on any atom is 0.296 e. The molecule has 1 atom stereocenters. The number of thioether (sulfide) groups is 1. The van der Waals surface area contributed by atoms with Crippen molar-refractivity contribution in [2.75, 3.05) is 18.1 Å². The number of aliphatic hydroxyl groups excluding tert-OH is 1. The van der Waals surface area contributed by atoms with Crippen LogP contribution in [0.25, 0.3) is 0 Å². The van der Waals surface area contributed by atoms with Gasteiger partial charge in [-0.3, -0.25) is 14.5 Å². The van der Waals surface area contributed by atoms with Gasteiger partial charge in [-0.15, -0.1) is 10.2 Å². The van der Waals surface area contributed by atoms with Crippen molar-refractivity contribution in [3.8, 4) is 11.5 Å². The molecule has 1 aliphatic heterocycles. The Morgan fingerprint density at radius 3 is 2.55 bits per heavy atom. The predicted octanol–water partition coefficient (Wildman–Crippen LogP) is 6.14. The van der Waals surface area contributed by atoms with Gasteiger partial charge in [0.05, 0.1) is 31.1 Å². The van der Waals surface area contributed by atoms with Gasteiger partial charge < -0.3 is 19.0 Å². The van der Waals surface area contributed by atoms with Crippen molar-refractivity contribution >= 4 is 39.9 Å². The zero-order valence-corrected chi connectivity index (χ0v) is 23.1. The summed E-state index contributed by atoms with van der Waals surface area (Å²) in [5.74, 6) is -1.03. The van der Waals surface area contributed by atoms with Crippen LogP contribution in [0.15, 0.2) is 80.9 Å². The van der Waals surface area contributed by atoms with Crippen molar-refractivity contribution in [1.29, 1.82) is 0 Å². The normalized spacial score (nSPS) is 15.1. The lowest BCUT2D eigenvalue weighted by Crippen LogP contribution is -2.31. The van der Waals surface area contributed by atoms with Crippen molar-refractivity contribution in [2.24, 2.45) is 0 Å². The lowest BCUT2D eigenvalue weighted by atomic mass is 9.95. The summed E-state index contributed by atoms with van der Waals surface area (Å²) in [6.07, 6.45) is 1.34. The van der Waals surface area contributed by atoms with E-state index in [0.717, 1.165) is 16.9 Å². The largest absolute Gasteiger partial charge is 0.503 e. The number of carbonyl (C=O) groups excluding carboxylic acids is 2. The molecule has 0 saturated carbocycles. The molecule has 12 heteroatoms. The molecule has 0 saturated heterocycles. The second-order valence-corrected chi connectivity index (χ2v) is 10.7. The molecule has 3 heterocycles. The van der Waals surface area contributed by atoms with Crippen LogP contribution in [0.1, 0.15) is 41.6 Å². The Labute approximate surface area is 237 Å². The summed E-state index contributed by atoms with van der Waals surface area (Å²) in [6, 6.07) is 13.2. The molecule has 0 bridgehead atoms. The minimum absolute atomic E-state index is 0.0232. The van der Waals surface area contributed by atoms with Crippen molar-refractivity contribution in [3.63, 3.8) is 0 Å². The van der Waals surface area contributed by atoms with Crippen LogP contribution >= 0.6 is 23.1 Å². The predicted molar refractivity (Wildman–Crippen MR) is 148 cm³/mol. The van der Waals surface area contributed by atoms with E-state index in [1.807, 2.05) is 13.8 Å². The molecular formula is C28H24FN3O6S2. The van der Waals surface area contributed by atoms with Crippen LogP contribution in [-0.4, -0.2) is 40.2 Å². The third-order valence-corrected chi connectivity index (χ3v) is 8.09. The summed E-state index contributed by atoms with van der Waals surface area (Å²) >= 11 is 2.51. The van der Waals surface area contributed by atoms with Gasteiger partial charge >= 0.3 is 0 Å². The molecule has 0 fully saturated rings. The van der Waals surface area contributed by atoms with Gasteiger partial charge in [-0.05, 0) is 61.4 Å². The second-order valence-electron chi connectivity index (χ2n) is 8.48. The first-order valence-corrected chi connectivity index (χ1v) is 14.2. The number of rotatable bonds is 11. The Kier molecular flexibility index (Phi) is 8.17. The summed E-state index contributed by atoms with van der Waals surface area (Å²) < 4.78 is 30.5. The van der Waals surface area contributed by atoms with Crippen LogP contribution in [0.3, 0.4) is 0 Å². The molecule has 4 aromatic rings. The summed E-state index contributed by atoms with van der Waals surface area (Å²) in [6.45, 7) is 4.46. The van der Waals surface area contributed by atoms with Gasteiger partial charge in [0.15, 0.2) is 27.4 Å². The molecular weight excluding hydrogens is 557 g/mol. The van der Waals surface area contributed by atoms with E-state index in [1.165, 1.54) is 41.1 Å². The van der Waals surface area contributed by atoms with E-state index in [-0.39, 0.29) is 22.3 Å². The lowest BCUT2D eigenvalue weighted by molar-refractivity contribution is -0.117. The molecule has 1 N–H and O–H groups in total. The van der Waals surface area contributed by atoms with Crippen molar-refractivity contribution in [3.05, 3.63) is 94.9 Å². The van der Waals surface area contributed by atoms with Gasteiger partial charge in [-0.2, -0.15) is 0 Å². The van der Waals surface area contributed by atoms with Gasteiger partial charge in [-0.1, -0.05) is 41.3 Å². The molecule has 2 aromatic carbocycles. The molecule has 9 nitrogen and oxygen atoms in total. The van der Waals surface area contributed by atoms with Crippen LogP contribution in [0, 0.1) is 5.82 Å². The van der Waals surface area contributed by atoms with Gasteiger partial charge in [0.25, 0.3) is 5.91 Å². The number of anilines is 1. The summed E-state index contributed by atoms with van der Waals surface area (Å²) in [5, 5.41) is 19.6. The van der Waals surface area contributed by atoms with E-state index < -0.39 is 23.5 Å². The number of amides is 1. The SMILES string of the molecule is CCOc1ccc(C2C(C(=O)c3ccco3)=C(O)C(=O)N2c2nnc(SCc3ccc(F)cc3)s2)cc1OCC. The topological polar surface area (TPSA) is 115 Å². The average Bonchev–Trinajstić information content (AvgIpc) is 3.70. The highest BCUT2D eigenvalue weighted by Crippen LogP contribution is 2.45. The standard InChI is InChI=1S/C28H24FN3O6S2/c1-3-36-19-12-9-17(14-21(19)37-4-2)23-22(24(33)20-6-5-13-38-20)25(34)26(35)32(23)27-30-31-28(40-27)39-15-16-7-10-18(29)11-8-16/h5-14,23,34H,3-4,15H2,1-2H3. The lowest BCUT2D eigenvalue weighted by Gasteiger charge is -2.24. The number of ether oxygens (including phenoxy) is 2. The minimum Gasteiger partial charge on any atom is -0.503 e. The quantitative estimate of drug-likeness (QED) is 0.127. The highest BCUT2D eigenvalue weighted by Gasteiger charge is 2.47. The number of ketones is 1. The highest BCUT2D eigenvalue weighted by atomic mass is 32.2. The minimum atomic E-state index is -1.04. The molecule has 1 unspecified atom stereocenters. The van der Waals surface area contributed by atoms with E-state index in [0.29, 0.717) is 40.4 Å². The molecule has 206 valence electrons. The van der Waals surface area contributed by atoms with Crippen molar-refractivity contribution in [1.82, 2.24) is 10.2 Å². The van der Waals surface area contributed by atoms with Gasteiger partial charge in [0, 0.05) is 5.75 Å². The molecule has 2 aromatic heterocycles. The number of benzene rings is 2. The Morgan fingerprint density at radius 1 is 1.10 bits per heavy atom. The third kappa shape index (κ3) is 5.45. The van der Waals surface area contributed by atoms with E-state index in [1.54, 1.807) is 36.4 Å². The van der Waals surface area contributed by atoms with Crippen LogP contribution in [-0.2, 0) is 10.5 Å². The van der Waals surface area contributed by atoms with Gasteiger partial charge in [0.1, 0.15) is 5.82 Å². The fourth-order valence-corrected chi connectivity index (χ4v) is 6.04. The van der Waals surface area contributed by atoms with E-state index >= 15 is 0 Å². The molecule has 0 radical (unpaired) electrons. The first-order chi connectivity index (χ1) is 19.4. The first-order valence-electron chi connectivity index (χ1n) is 12.4. The number of furan rings is 1. The third-order valence-electron chi connectivity index (χ3n) is 5.96. The fraction of sp³-hybridized carbons (Fsp3) is 0.214. The average molecular weight is 582 g/mol. The number of Topliss-reactive ketones (excluding diaryl/α,β-unsaturated/α-hetero) is 1. The first kappa shape index (κ1) is 27.4. The summed E-state index contributed by atoms with van der Waals surface area (Å²) in [5.41, 5.74) is 1.24. The van der Waals surface area contributed by atoms with Gasteiger partial charge in [0.2, 0.25) is 10.9 Å². The number of carbonyl (C=O) groups is 2. The monoisotopic (exact) mass is 581 g/mol. The highest BCUT2D eigenvalue weighted by molar-refractivity contribution is 8.00. The van der Waals surface area contributed by atoms with Crippen LogP contribution in [0.5, 0.6) is 11.5 Å². The maximum absolute atomic E-state index is 13.5. The Balaban J connectivity index is 1.52. The number of aliphatic hydroxyl groups is 1. The zero-order valence-electron chi connectivity index (χ0n) is 21.5. The smallest absolute Gasteiger partial charge is 0.296 e. The number of hydrogen-bond donors (Lipinski definition) is 1. The molecule has 0 spiro atoms. The number of nitrogens with zero attached hydrogens (tertiary/aromatic N) is 3. The van der Waals surface area contributed by atoms with Crippen LogP contribution in [0.2, 0.25) is 0 Å². The van der Waals surface area contributed by atoms with Gasteiger partial charge in [-0.25, -0.2) is 4.39 Å². The zero-order chi connectivity index (χ0) is 28.2.